The zero-order valence-corrected chi connectivity index (χ0v) is 14.8. The van der Waals surface area contributed by atoms with E-state index in [0.29, 0.717) is 22.6 Å². The predicted molar refractivity (Wildman–Crippen MR) is 86.6 cm³/mol. The molecule has 0 N–H and O–H groups in total. The van der Waals surface area contributed by atoms with Crippen molar-refractivity contribution in [3.8, 4) is 0 Å². The first-order valence-corrected chi connectivity index (χ1v) is 9.29. The highest BCUT2D eigenvalue weighted by Crippen LogP contribution is 2.52. The zero-order chi connectivity index (χ0) is 15.3. The molecule has 4 nitrogen and oxygen atoms in total. The van der Waals surface area contributed by atoms with Crippen LogP contribution in [0.2, 0.25) is 0 Å². The summed E-state index contributed by atoms with van der Waals surface area (Å²) in [5, 5.41) is 9.03. The predicted octanol–water partition coefficient (Wildman–Crippen LogP) is 3.37. The molecule has 1 aromatic rings. The fourth-order valence-corrected chi connectivity index (χ4v) is 6.00. The number of aromatic nitrogens is 2. The van der Waals surface area contributed by atoms with Crippen molar-refractivity contribution in [2.45, 2.75) is 57.3 Å². The maximum Gasteiger partial charge on any atom is 0.233 e. The second-order valence-electron chi connectivity index (χ2n) is 7.61. The van der Waals surface area contributed by atoms with Crippen molar-refractivity contribution in [1.82, 2.24) is 15.1 Å². The third-order valence-corrected chi connectivity index (χ3v) is 6.52. The number of nitrogens with zero attached hydrogens (tertiary/aromatic N) is 3. The highest BCUT2D eigenvalue weighted by atomic mass is 32.2. The van der Waals surface area contributed by atoms with Gasteiger partial charge in [-0.05, 0) is 37.0 Å². The number of thioether (sulfide) groups is 1. The third-order valence-electron chi connectivity index (χ3n) is 4.56. The lowest BCUT2D eigenvalue weighted by Gasteiger charge is -2.39. The molecule has 0 spiro atoms. The molecule has 2 bridgehead atoms. The quantitative estimate of drug-likeness (QED) is 0.799. The largest absolute Gasteiger partial charge is 0.338 e. The van der Waals surface area contributed by atoms with Gasteiger partial charge in [0.2, 0.25) is 5.91 Å². The number of likely N-dealkylation sites (tertiary alicyclic amines) is 1. The average Bonchev–Trinajstić information content (AvgIpc) is 2.86. The summed E-state index contributed by atoms with van der Waals surface area (Å²) in [5.41, 5.74) is 0.669. The van der Waals surface area contributed by atoms with Gasteiger partial charge in [0.05, 0.1) is 5.75 Å². The SMILES string of the molecule is Cc1nnc(SCC(=O)N2CC3(C)CC2CC(C)(C)C3)s1. The molecule has 0 aromatic carbocycles. The van der Waals surface area contributed by atoms with Crippen molar-refractivity contribution in [1.29, 1.82) is 0 Å². The number of fused-ring (bicyclic) bond motifs is 2. The minimum Gasteiger partial charge on any atom is -0.338 e. The van der Waals surface area contributed by atoms with E-state index in [1.807, 2.05) is 6.92 Å². The summed E-state index contributed by atoms with van der Waals surface area (Å²) in [6.07, 6.45) is 3.53. The lowest BCUT2D eigenvalue weighted by molar-refractivity contribution is -0.129. The summed E-state index contributed by atoms with van der Waals surface area (Å²) in [4.78, 5) is 14.7. The highest BCUT2D eigenvalue weighted by molar-refractivity contribution is 8.01. The van der Waals surface area contributed by atoms with Gasteiger partial charge < -0.3 is 4.90 Å². The van der Waals surface area contributed by atoms with Crippen LogP contribution in [0.3, 0.4) is 0 Å². The molecule has 6 heteroatoms. The number of rotatable bonds is 3. The van der Waals surface area contributed by atoms with E-state index in [1.165, 1.54) is 24.6 Å². The van der Waals surface area contributed by atoms with Crippen LogP contribution in [-0.2, 0) is 4.79 Å². The lowest BCUT2D eigenvalue weighted by Crippen LogP contribution is -2.38. The Morgan fingerprint density at radius 2 is 2.14 bits per heavy atom. The third kappa shape index (κ3) is 3.26. The molecule has 0 radical (unpaired) electrons. The first-order chi connectivity index (χ1) is 9.76. The molecule has 2 unspecified atom stereocenters. The molecule has 3 rings (SSSR count). The lowest BCUT2D eigenvalue weighted by atomic mass is 9.65. The van der Waals surface area contributed by atoms with Gasteiger partial charge in [0.1, 0.15) is 5.01 Å². The number of carbonyl (C=O) groups is 1. The number of aryl methyl sites for hydroxylation is 1. The topological polar surface area (TPSA) is 46.1 Å². The van der Waals surface area contributed by atoms with E-state index in [2.05, 4.69) is 35.9 Å². The molecular formula is C15H23N3OS2. The van der Waals surface area contributed by atoms with Crippen molar-refractivity contribution < 1.29 is 4.79 Å². The van der Waals surface area contributed by atoms with Crippen LogP contribution in [0.5, 0.6) is 0 Å². The molecule has 21 heavy (non-hydrogen) atoms. The minimum atomic E-state index is 0.263. The number of hydrogen-bond donors (Lipinski definition) is 0. The van der Waals surface area contributed by atoms with E-state index in [-0.39, 0.29) is 5.91 Å². The van der Waals surface area contributed by atoms with E-state index >= 15 is 0 Å². The summed E-state index contributed by atoms with van der Waals surface area (Å²) in [7, 11) is 0. The number of carbonyl (C=O) groups excluding carboxylic acids is 1. The van der Waals surface area contributed by atoms with Gasteiger partial charge in [0, 0.05) is 12.6 Å². The van der Waals surface area contributed by atoms with E-state index in [0.717, 1.165) is 22.3 Å². The Bertz CT molecular complexity index is 557. The molecule has 1 saturated carbocycles. The van der Waals surface area contributed by atoms with Crippen LogP contribution in [0.25, 0.3) is 0 Å². The normalized spacial score (nSPS) is 30.7. The standard InChI is InChI=1S/C15H23N3OS2/c1-10-16-17-13(21-10)20-7-12(19)18-9-15(4)6-11(18)5-14(2,3)8-15/h11H,5-9H2,1-4H3. The summed E-state index contributed by atoms with van der Waals surface area (Å²) >= 11 is 3.08. The van der Waals surface area contributed by atoms with Crippen LogP contribution in [0.4, 0.5) is 0 Å². The molecule has 2 atom stereocenters. The Kier molecular flexibility index (Phi) is 3.81. The molecule has 1 aliphatic heterocycles. The van der Waals surface area contributed by atoms with Gasteiger partial charge in [-0.3, -0.25) is 4.79 Å². The van der Waals surface area contributed by atoms with Gasteiger partial charge in [-0.25, -0.2) is 0 Å². The van der Waals surface area contributed by atoms with E-state index in [1.54, 1.807) is 11.3 Å². The minimum absolute atomic E-state index is 0.263. The highest BCUT2D eigenvalue weighted by Gasteiger charge is 2.50. The van der Waals surface area contributed by atoms with Gasteiger partial charge in [0.15, 0.2) is 4.34 Å². The summed E-state index contributed by atoms with van der Waals surface area (Å²) < 4.78 is 0.898. The van der Waals surface area contributed by atoms with Crippen LogP contribution in [-0.4, -0.2) is 39.3 Å². The fourth-order valence-electron chi connectivity index (χ4n) is 4.29. The molecule has 1 aliphatic carbocycles. The molecule has 2 fully saturated rings. The van der Waals surface area contributed by atoms with Crippen molar-refractivity contribution in [2.24, 2.45) is 10.8 Å². The second kappa shape index (κ2) is 5.23. The van der Waals surface area contributed by atoms with Crippen LogP contribution in [0.1, 0.15) is 45.0 Å². The Labute approximate surface area is 134 Å². The Hall–Kier alpha value is -0.620. The van der Waals surface area contributed by atoms with Crippen molar-refractivity contribution >= 4 is 29.0 Å². The summed E-state index contributed by atoms with van der Waals surface area (Å²) in [6.45, 7) is 9.88. The van der Waals surface area contributed by atoms with Gasteiger partial charge in [-0.15, -0.1) is 10.2 Å². The van der Waals surface area contributed by atoms with E-state index in [4.69, 9.17) is 0 Å². The van der Waals surface area contributed by atoms with Gasteiger partial charge in [0.25, 0.3) is 0 Å². The molecule has 116 valence electrons. The molecule has 1 aromatic heterocycles. The first kappa shape index (κ1) is 15.3. The van der Waals surface area contributed by atoms with Gasteiger partial charge in [-0.2, -0.15) is 0 Å². The molecule has 2 aliphatic rings. The smallest absolute Gasteiger partial charge is 0.233 e. The Morgan fingerprint density at radius 3 is 2.81 bits per heavy atom. The molecule has 1 amide bonds. The van der Waals surface area contributed by atoms with Crippen molar-refractivity contribution in [3.63, 3.8) is 0 Å². The second-order valence-corrected chi connectivity index (χ2v) is 10.0. The van der Waals surface area contributed by atoms with Crippen molar-refractivity contribution in [3.05, 3.63) is 5.01 Å². The number of amides is 1. The van der Waals surface area contributed by atoms with Crippen LogP contribution in [0.15, 0.2) is 4.34 Å². The fraction of sp³-hybridized carbons (Fsp3) is 0.800. The molecule has 2 heterocycles. The van der Waals surface area contributed by atoms with Crippen LogP contribution < -0.4 is 0 Å². The zero-order valence-electron chi connectivity index (χ0n) is 13.2. The molecular weight excluding hydrogens is 302 g/mol. The maximum absolute atomic E-state index is 12.6. The number of hydrogen-bond acceptors (Lipinski definition) is 5. The molecule has 1 saturated heterocycles. The van der Waals surface area contributed by atoms with Gasteiger partial charge >= 0.3 is 0 Å². The van der Waals surface area contributed by atoms with Gasteiger partial charge in [-0.1, -0.05) is 43.9 Å². The average molecular weight is 326 g/mol. The summed E-state index contributed by atoms with van der Waals surface area (Å²) in [6, 6.07) is 0.433. The Morgan fingerprint density at radius 1 is 1.38 bits per heavy atom. The van der Waals surface area contributed by atoms with E-state index < -0.39 is 0 Å². The monoisotopic (exact) mass is 325 g/mol. The Balaban J connectivity index is 1.63. The maximum atomic E-state index is 12.6. The van der Waals surface area contributed by atoms with Crippen molar-refractivity contribution in [2.75, 3.05) is 12.3 Å². The van der Waals surface area contributed by atoms with Crippen LogP contribution in [0, 0.1) is 17.8 Å². The first-order valence-electron chi connectivity index (χ1n) is 7.49. The van der Waals surface area contributed by atoms with E-state index in [9.17, 15) is 4.79 Å². The van der Waals surface area contributed by atoms with Crippen LogP contribution >= 0.6 is 23.1 Å². The summed E-state index contributed by atoms with van der Waals surface area (Å²) in [5.74, 6) is 0.751.